The number of carbonyl (C=O) groups is 4. The number of carbonyl (C=O) groups excluding carboxylic acids is 4. The number of halogens is 1. The summed E-state index contributed by atoms with van der Waals surface area (Å²) in [5.41, 5.74) is 2.20. The van der Waals surface area contributed by atoms with E-state index >= 15 is 0 Å². The number of rotatable bonds is 6. The lowest BCUT2D eigenvalue weighted by atomic mass is 9.73. The van der Waals surface area contributed by atoms with Crippen LogP contribution >= 0.6 is 11.6 Å². The maximum absolute atomic E-state index is 13.3. The summed E-state index contributed by atoms with van der Waals surface area (Å²) in [5, 5.41) is 0.418. The molecule has 0 spiro atoms. The number of imide groups is 1. The van der Waals surface area contributed by atoms with Gasteiger partial charge < -0.3 is 4.74 Å². The Hall–Kier alpha value is -3.77. The highest BCUT2D eigenvalue weighted by atomic mass is 35.5. The molecule has 0 unspecified atom stereocenters. The molecule has 3 aromatic rings. The lowest BCUT2D eigenvalue weighted by Gasteiger charge is -2.28. The van der Waals surface area contributed by atoms with Crippen LogP contribution in [0.5, 0.6) is 0 Å². The summed E-state index contributed by atoms with van der Waals surface area (Å²) < 4.78 is 5.35. The molecule has 3 aromatic carbocycles. The SMILES string of the molecule is C[C@H](OC(=O)c1ccc(N2C(=O)[C@@H]3CC[C@H](c4ccccc4)C[C@H]3C2=O)cc1)C(=O)c1cccc(Cl)c1. The molecule has 2 aliphatic rings. The highest BCUT2D eigenvalue weighted by Gasteiger charge is 2.50. The molecule has 37 heavy (non-hydrogen) atoms. The standard InChI is InChI=1S/C30H26ClNO5/c1-18(27(33)22-8-5-9-23(31)16-22)37-30(36)20-10-13-24(14-11-20)32-28(34)25-15-12-21(17-26(25)29(32)35)19-6-3-2-4-7-19/h2-11,13-14,16,18,21,25-26H,12,15,17H2,1H3/t18-,21-,25+,26+/m0/s1. The van der Waals surface area contributed by atoms with Crippen molar-refractivity contribution in [3.8, 4) is 0 Å². The third kappa shape index (κ3) is 4.94. The van der Waals surface area contributed by atoms with Gasteiger partial charge in [0.2, 0.25) is 17.6 Å². The summed E-state index contributed by atoms with van der Waals surface area (Å²) in [6.45, 7) is 1.50. The average molecular weight is 516 g/mol. The third-order valence-corrected chi connectivity index (χ3v) is 7.55. The van der Waals surface area contributed by atoms with Gasteiger partial charge >= 0.3 is 5.97 Å². The van der Waals surface area contributed by atoms with Crippen molar-refractivity contribution in [2.75, 3.05) is 4.90 Å². The van der Waals surface area contributed by atoms with Gasteiger partial charge in [-0.2, -0.15) is 0 Å². The number of nitrogens with zero attached hydrogens (tertiary/aromatic N) is 1. The van der Waals surface area contributed by atoms with Crippen molar-refractivity contribution in [3.05, 3.63) is 101 Å². The van der Waals surface area contributed by atoms with Crippen molar-refractivity contribution in [2.24, 2.45) is 11.8 Å². The van der Waals surface area contributed by atoms with Crippen LogP contribution in [0.1, 0.15) is 58.4 Å². The maximum atomic E-state index is 13.3. The fourth-order valence-corrected chi connectivity index (χ4v) is 5.56. The summed E-state index contributed by atoms with van der Waals surface area (Å²) >= 11 is 5.95. The predicted octanol–water partition coefficient (Wildman–Crippen LogP) is 5.84. The zero-order chi connectivity index (χ0) is 26.1. The number of amides is 2. The minimum absolute atomic E-state index is 0.183. The van der Waals surface area contributed by atoms with E-state index in [1.54, 1.807) is 30.3 Å². The van der Waals surface area contributed by atoms with Crippen molar-refractivity contribution in [3.63, 3.8) is 0 Å². The monoisotopic (exact) mass is 515 g/mol. The zero-order valence-corrected chi connectivity index (χ0v) is 21.1. The van der Waals surface area contributed by atoms with Crippen LogP contribution in [0.2, 0.25) is 5.02 Å². The van der Waals surface area contributed by atoms with Crippen molar-refractivity contribution >= 4 is 40.9 Å². The molecule has 0 radical (unpaired) electrons. The van der Waals surface area contributed by atoms with Crippen molar-refractivity contribution in [1.29, 1.82) is 0 Å². The van der Waals surface area contributed by atoms with Crippen LogP contribution in [0.15, 0.2) is 78.9 Å². The van der Waals surface area contributed by atoms with E-state index in [1.807, 2.05) is 18.2 Å². The lowest BCUT2D eigenvalue weighted by Crippen LogP contribution is -2.31. The minimum Gasteiger partial charge on any atom is -0.451 e. The number of fused-ring (bicyclic) bond motifs is 1. The number of Topliss-reactive ketones (excluding diaryl/α,β-unsaturated/α-hetero) is 1. The van der Waals surface area contributed by atoms with E-state index in [2.05, 4.69) is 12.1 Å². The maximum Gasteiger partial charge on any atom is 0.338 e. The lowest BCUT2D eigenvalue weighted by molar-refractivity contribution is -0.122. The molecule has 1 aliphatic carbocycles. The van der Waals surface area contributed by atoms with Gasteiger partial charge in [-0.05, 0) is 74.1 Å². The molecule has 1 aliphatic heterocycles. The smallest absolute Gasteiger partial charge is 0.338 e. The van der Waals surface area contributed by atoms with Crippen molar-refractivity contribution < 1.29 is 23.9 Å². The van der Waals surface area contributed by atoms with E-state index < -0.39 is 12.1 Å². The number of hydrogen-bond acceptors (Lipinski definition) is 5. The average Bonchev–Trinajstić information content (AvgIpc) is 3.17. The second-order valence-electron chi connectivity index (χ2n) is 9.61. The van der Waals surface area contributed by atoms with E-state index in [-0.39, 0.29) is 40.9 Å². The Morgan fingerprint density at radius 3 is 2.27 bits per heavy atom. The third-order valence-electron chi connectivity index (χ3n) is 7.32. The molecule has 1 saturated heterocycles. The predicted molar refractivity (Wildman–Crippen MR) is 140 cm³/mol. The summed E-state index contributed by atoms with van der Waals surface area (Å²) in [6.07, 6.45) is 1.19. The van der Waals surface area contributed by atoms with E-state index in [0.717, 1.165) is 6.42 Å². The number of benzene rings is 3. The topological polar surface area (TPSA) is 80.8 Å². The Kier molecular flexibility index (Phi) is 6.94. The molecule has 7 heteroatoms. The molecule has 0 aromatic heterocycles. The Morgan fingerprint density at radius 2 is 1.57 bits per heavy atom. The fourth-order valence-electron chi connectivity index (χ4n) is 5.37. The number of esters is 1. The van der Waals surface area contributed by atoms with Crippen LogP contribution < -0.4 is 4.90 Å². The molecule has 2 amide bonds. The van der Waals surface area contributed by atoms with Crippen LogP contribution in [0.25, 0.3) is 0 Å². The summed E-state index contributed by atoms with van der Waals surface area (Å²) in [7, 11) is 0. The first-order valence-corrected chi connectivity index (χ1v) is 12.7. The molecule has 2 fully saturated rings. The van der Waals surface area contributed by atoms with Crippen LogP contribution in [0.4, 0.5) is 5.69 Å². The number of ether oxygens (including phenoxy) is 1. The zero-order valence-electron chi connectivity index (χ0n) is 20.3. The Balaban J connectivity index is 1.26. The van der Waals surface area contributed by atoms with Gasteiger partial charge in [-0.3, -0.25) is 19.3 Å². The second kappa shape index (κ2) is 10.3. The molecule has 4 atom stereocenters. The molecule has 1 heterocycles. The van der Waals surface area contributed by atoms with Crippen LogP contribution in [-0.2, 0) is 14.3 Å². The first-order chi connectivity index (χ1) is 17.8. The van der Waals surface area contributed by atoms with E-state index in [4.69, 9.17) is 16.3 Å². The molecule has 1 saturated carbocycles. The summed E-state index contributed by atoms with van der Waals surface area (Å²) in [6, 6.07) is 22.7. The van der Waals surface area contributed by atoms with Gasteiger partial charge in [0.05, 0.1) is 23.1 Å². The van der Waals surface area contributed by atoms with Crippen molar-refractivity contribution in [2.45, 2.75) is 38.2 Å². The summed E-state index contributed by atoms with van der Waals surface area (Å²) in [4.78, 5) is 52.9. The highest BCUT2D eigenvalue weighted by Crippen LogP contribution is 2.45. The van der Waals surface area contributed by atoms with Crippen LogP contribution in [0, 0.1) is 11.8 Å². The van der Waals surface area contributed by atoms with Gasteiger partial charge in [-0.15, -0.1) is 0 Å². The van der Waals surface area contributed by atoms with Gasteiger partial charge in [-0.1, -0.05) is 54.1 Å². The second-order valence-corrected chi connectivity index (χ2v) is 10.1. The molecular formula is C30H26ClNO5. The normalized spacial score (nSPS) is 21.9. The van der Waals surface area contributed by atoms with Gasteiger partial charge in [0, 0.05) is 10.6 Å². The summed E-state index contributed by atoms with van der Waals surface area (Å²) in [5.74, 6) is -1.80. The van der Waals surface area contributed by atoms with Gasteiger partial charge in [0.25, 0.3) is 0 Å². The van der Waals surface area contributed by atoms with Gasteiger partial charge in [0.1, 0.15) is 0 Å². The van der Waals surface area contributed by atoms with Crippen molar-refractivity contribution in [1.82, 2.24) is 0 Å². The van der Waals surface area contributed by atoms with Crippen LogP contribution in [0.3, 0.4) is 0 Å². The minimum atomic E-state index is -1.01. The molecule has 188 valence electrons. The molecule has 0 N–H and O–H groups in total. The largest absolute Gasteiger partial charge is 0.451 e. The first kappa shape index (κ1) is 24.9. The molecule has 5 rings (SSSR count). The van der Waals surface area contributed by atoms with E-state index in [0.29, 0.717) is 29.1 Å². The quantitative estimate of drug-likeness (QED) is 0.234. The number of ketones is 1. The Labute approximate surface area is 220 Å². The molecular weight excluding hydrogens is 490 g/mol. The Bertz CT molecular complexity index is 1350. The Morgan fingerprint density at radius 1 is 0.865 bits per heavy atom. The van der Waals surface area contributed by atoms with Gasteiger partial charge in [0.15, 0.2) is 6.10 Å². The van der Waals surface area contributed by atoms with E-state index in [1.165, 1.54) is 35.6 Å². The highest BCUT2D eigenvalue weighted by molar-refractivity contribution is 6.31. The van der Waals surface area contributed by atoms with E-state index in [9.17, 15) is 19.2 Å². The van der Waals surface area contributed by atoms with Gasteiger partial charge in [-0.25, -0.2) is 4.79 Å². The van der Waals surface area contributed by atoms with Crippen LogP contribution in [-0.4, -0.2) is 29.7 Å². The molecule has 0 bridgehead atoms. The number of anilines is 1. The fraction of sp³-hybridized carbons (Fsp3) is 0.267. The number of hydrogen-bond donors (Lipinski definition) is 0. The molecule has 6 nitrogen and oxygen atoms in total. The first-order valence-electron chi connectivity index (χ1n) is 12.4.